The van der Waals surface area contributed by atoms with Gasteiger partial charge >= 0.3 is 0 Å². The second kappa shape index (κ2) is 9.30. The van der Waals surface area contributed by atoms with Crippen LogP contribution in [0.15, 0.2) is 30.5 Å². The molecule has 0 fully saturated rings. The number of benzene rings is 1. The zero-order chi connectivity index (χ0) is 18.7. The fraction of sp³-hybridized carbons (Fsp3) is 0.421. The number of nitrogens with zero attached hydrogens (tertiary/aromatic N) is 5. The molecule has 0 atom stereocenters. The average Bonchev–Trinajstić information content (AvgIpc) is 3.23. The molecule has 2 aromatic heterocycles. The summed E-state index contributed by atoms with van der Waals surface area (Å²) in [6, 6.07) is 7.98. The Bertz CT molecular complexity index is 905. The van der Waals surface area contributed by atoms with Crippen LogP contribution in [0.5, 0.6) is 0 Å². The van der Waals surface area contributed by atoms with Crippen molar-refractivity contribution < 1.29 is 4.79 Å². The van der Waals surface area contributed by atoms with Gasteiger partial charge in [-0.1, -0.05) is 30.4 Å². The predicted molar refractivity (Wildman–Crippen MR) is 114 cm³/mol. The summed E-state index contributed by atoms with van der Waals surface area (Å²) in [5, 5.41) is 5.03. The number of rotatable bonds is 7. The van der Waals surface area contributed by atoms with Gasteiger partial charge in [0, 0.05) is 19.8 Å². The molecule has 0 N–H and O–H groups in total. The molecule has 2 heterocycles. The number of carbonyl (C=O) groups excluding carboxylic acids is 1. The lowest BCUT2D eigenvalue weighted by Gasteiger charge is -2.20. The van der Waals surface area contributed by atoms with Crippen LogP contribution >= 0.6 is 23.7 Å². The van der Waals surface area contributed by atoms with Crippen LogP contribution in [0.25, 0.3) is 10.2 Å². The molecule has 1 amide bonds. The molecule has 146 valence electrons. The van der Waals surface area contributed by atoms with E-state index in [0.29, 0.717) is 12.2 Å². The summed E-state index contributed by atoms with van der Waals surface area (Å²) in [4.78, 5) is 21.8. The first-order chi connectivity index (χ1) is 12.5. The van der Waals surface area contributed by atoms with Crippen molar-refractivity contribution in [3.63, 3.8) is 0 Å². The van der Waals surface area contributed by atoms with Crippen molar-refractivity contribution in [2.45, 2.75) is 19.8 Å². The molecule has 0 aliphatic carbocycles. The van der Waals surface area contributed by atoms with Crippen LogP contribution < -0.4 is 4.90 Å². The molecule has 0 radical (unpaired) electrons. The summed E-state index contributed by atoms with van der Waals surface area (Å²) in [6.07, 6.45) is 3.59. The first-order valence-corrected chi connectivity index (χ1v) is 9.66. The van der Waals surface area contributed by atoms with E-state index in [1.807, 2.05) is 21.1 Å². The van der Waals surface area contributed by atoms with Crippen LogP contribution in [0, 0.1) is 0 Å². The van der Waals surface area contributed by atoms with Gasteiger partial charge < -0.3 is 4.90 Å². The molecule has 6 nitrogen and oxygen atoms in total. The van der Waals surface area contributed by atoms with Gasteiger partial charge in [0.05, 0.1) is 10.2 Å². The zero-order valence-corrected chi connectivity index (χ0v) is 17.8. The number of halogens is 1. The van der Waals surface area contributed by atoms with Gasteiger partial charge in [0.25, 0.3) is 5.91 Å². The first kappa shape index (κ1) is 21.3. The smallest absolute Gasteiger partial charge is 0.280 e. The third-order valence-corrected chi connectivity index (χ3v) is 5.31. The Hall–Kier alpha value is -1.96. The molecule has 0 saturated heterocycles. The Kier molecular flexibility index (Phi) is 7.35. The van der Waals surface area contributed by atoms with Crippen molar-refractivity contribution in [3.05, 3.63) is 41.7 Å². The van der Waals surface area contributed by atoms with Crippen LogP contribution in [0.4, 0.5) is 5.13 Å². The van der Waals surface area contributed by atoms with E-state index in [4.69, 9.17) is 4.98 Å². The molecule has 0 unspecified atom stereocenters. The fourth-order valence-corrected chi connectivity index (χ4v) is 3.93. The van der Waals surface area contributed by atoms with Crippen molar-refractivity contribution in [1.29, 1.82) is 0 Å². The second-order valence-corrected chi connectivity index (χ2v) is 7.61. The maximum Gasteiger partial charge on any atom is 0.280 e. The van der Waals surface area contributed by atoms with Crippen molar-refractivity contribution >= 4 is 45.0 Å². The Morgan fingerprint density at radius 3 is 2.63 bits per heavy atom. The van der Waals surface area contributed by atoms with Gasteiger partial charge in [-0.3, -0.25) is 14.4 Å². The maximum atomic E-state index is 13.1. The molecule has 0 aliphatic heterocycles. The van der Waals surface area contributed by atoms with Gasteiger partial charge in [-0.2, -0.15) is 5.10 Å². The van der Waals surface area contributed by atoms with Gasteiger partial charge in [-0.25, -0.2) is 4.98 Å². The normalized spacial score (nSPS) is 11.0. The summed E-state index contributed by atoms with van der Waals surface area (Å²) in [5.41, 5.74) is 2.66. The number of carbonyl (C=O) groups is 1. The van der Waals surface area contributed by atoms with Crippen molar-refractivity contribution in [2.24, 2.45) is 7.05 Å². The van der Waals surface area contributed by atoms with E-state index < -0.39 is 0 Å². The lowest BCUT2D eigenvalue weighted by atomic mass is 10.1. The molecule has 3 aromatic rings. The minimum absolute atomic E-state index is 0. The van der Waals surface area contributed by atoms with Crippen LogP contribution in [-0.2, 0) is 13.5 Å². The van der Waals surface area contributed by atoms with Crippen LogP contribution in [0.2, 0.25) is 0 Å². The van der Waals surface area contributed by atoms with E-state index in [2.05, 4.69) is 35.1 Å². The fourth-order valence-electron chi connectivity index (χ4n) is 2.89. The van der Waals surface area contributed by atoms with E-state index in [1.165, 1.54) is 5.56 Å². The zero-order valence-electron chi connectivity index (χ0n) is 16.2. The average molecular weight is 408 g/mol. The third-order valence-electron chi connectivity index (χ3n) is 4.27. The van der Waals surface area contributed by atoms with Crippen molar-refractivity contribution in [2.75, 3.05) is 32.1 Å². The maximum absolute atomic E-state index is 13.1. The number of hydrogen-bond acceptors (Lipinski definition) is 5. The monoisotopic (exact) mass is 407 g/mol. The second-order valence-electron chi connectivity index (χ2n) is 6.60. The predicted octanol–water partition coefficient (Wildman–Crippen LogP) is 3.61. The number of anilines is 1. The van der Waals surface area contributed by atoms with Gasteiger partial charge in [-0.05, 0) is 51.2 Å². The number of fused-ring (bicyclic) bond motifs is 1. The summed E-state index contributed by atoms with van der Waals surface area (Å²) in [5.74, 6) is -0.0959. The molecule has 27 heavy (non-hydrogen) atoms. The van der Waals surface area contributed by atoms with Crippen molar-refractivity contribution in [3.8, 4) is 0 Å². The number of hydrogen-bond donors (Lipinski definition) is 0. The topological polar surface area (TPSA) is 54.3 Å². The summed E-state index contributed by atoms with van der Waals surface area (Å²) in [7, 11) is 5.89. The summed E-state index contributed by atoms with van der Waals surface area (Å²) in [6.45, 7) is 3.66. The highest BCUT2D eigenvalue weighted by Crippen LogP contribution is 2.31. The Labute approximate surface area is 170 Å². The van der Waals surface area contributed by atoms with Gasteiger partial charge in [-0.15, -0.1) is 12.4 Å². The quantitative estimate of drug-likeness (QED) is 0.600. The highest BCUT2D eigenvalue weighted by molar-refractivity contribution is 7.22. The SMILES string of the molecule is CCc1cccc2sc(N(CCCN(C)C)C(=O)c3ccn(C)n3)nc12.Cl. The third kappa shape index (κ3) is 4.86. The Morgan fingerprint density at radius 1 is 1.22 bits per heavy atom. The number of thiazole rings is 1. The minimum atomic E-state index is -0.0959. The number of amides is 1. The lowest BCUT2D eigenvalue weighted by molar-refractivity contribution is 0.0980. The lowest BCUT2D eigenvalue weighted by Crippen LogP contribution is -2.33. The standard InChI is InChI=1S/C19H25N5OS.ClH/c1-5-14-8-6-9-16-17(14)20-19(26-16)24(12-7-11-22(2)3)18(25)15-10-13-23(4)21-15;/h6,8-10,13H,5,7,11-12H2,1-4H3;1H. The van der Waals surface area contributed by atoms with Gasteiger partial charge in [0.15, 0.2) is 10.8 Å². The summed E-state index contributed by atoms with van der Waals surface area (Å²) < 4.78 is 2.77. The molecule has 8 heteroatoms. The van der Waals surface area contributed by atoms with E-state index in [1.54, 1.807) is 33.2 Å². The molecule has 0 bridgehead atoms. The van der Waals surface area contributed by atoms with E-state index >= 15 is 0 Å². The molecule has 0 spiro atoms. The highest BCUT2D eigenvalue weighted by atomic mass is 35.5. The molecular formula is C19H26ClN5OS. The van der Waals surface area contributed by atoms with Crippen LogP contribution in [-0.4, -0.2) is 52.8 Å². The largest absolute Gasteiger partial charge is 0.309 e. The van der Waals surface area contributed by atoms with Crippen molar-refractivity contribution in [1.82, 2.24) is 19.7 Å². The molecular weight excluding hydrogens is 382 g/mol. The molecule has 1 aromatic carbocycles. The first-order valence-electron chi connectivity index (χ1n) is 8.84. The minimum Gasteiger partial charge on any atom is -0.309 e. The number of aryl methyl sites for hydroxylation is 2. The Morgan fingerprint density at radius 2 is 2.00 bits per heavy atom. The van der Waals surface area contributed by atoms with E-state index in [9.17, 15) is 4.79 Å². The molecule has 3 rings (SSSR count). The Balaban J connectivity index is 0.00000261. The van der Waals surface area contributed by atoms with Crippen LogP contribution in [0.1, 0.15) is 29.4 Å². The molecule has 0 aliphatic rings. The van der Waals surface area contributed by atoms with E-state index in [0.717, 1.165) is 34.7 Å². The van der Waals surface area contributed by atoms with Crippen LogP contribution in [0.3, 0.4) is 0 Å². The highest BCUT2D eigenvalue weighted by Gasteiger charge is 2.23. The number of aromatic nitrogens is 3. The molecule has 0 saturated carbocycles. The van der Waals surface area contributed by atoms with Gasteiger partial charge in [0.1, 0.15) is 0 Å². The summed E-state index contributed by atoms with van der Waals surface area (Å²) >= 11 is 1.57. The number of para-hydroxylation sites is 1. The van der Waals surface area contributed by atoms with Gasteiger partial charge in [0.2, 0.25) is 0 Å². The van der Waals surface area contributed by atoms with E-state index in [-0.39, 0.29) is 18.3 Å².